The van der Waals surface area contributed by atoms with Crippen LogP contribution >= 0.6 is 0 Å². The number of carboxylic acids is 1. The first-order chi connectivity index (χ1) is 12.5. The van der Waals surface area contributed by atoms with Crippen LogP contribution in [0.25, 0.3) is 10.9 Å². The molecule has 3 rings (SSSR count). The Labute approximate surface area is 152 Å². The van der Waals surface area contributed by atoms with Crippen molar-refractivity contribution in [1.29, 1.82) is 0 Å². The average Bonchev–Trinajstić information content (AvgIpc) is 2.62. The van der Waals surface area contributed by atoms with E-state index < -0.39 is 12.0 Å². The van der Waals surface area contributed by atoms with E-state index in [1.54, 1.807) is 0 Å². The Morgan fingerprint density at radius 2 is 2.04 bits per heavy atom. The fourth-order valence-corrected chi connectivity index (χ4v) is 3.18. The molecule has 1 aromatic heterocycles. The predicted molar refractivity (Wildman–Crippen MR) is 102 cm³/mol. The summed E-state index contributed by atoms with van der Waals surface area (Å²) in [6, 6.07) is 6.75. The zero-order valence-electron chi connectivity index (χ0n) is 15.1. The smallest absolute Gasteiger partial charge is 0.326 e. The second-order valence-corrected chi connectivity index (χ2v) is 6.76. The summed E-state index contributed by atoms with van der Waals surface area (Å²) in [6.07, 6.45) is 0.537. The lowest BCUT2D eigenvalue weighted by Crippen LogP contribution is -2.44. The number of hydrogen-bond donors (Lipinski definition) is 2. The number of benzene rings is 1. The molecule has 7 nitrogen and oxygen atoms in total. The van der Waals surface area contributed by atoms with Crippen LogP contribution in [0.2, 0.25) is 0 Å². The highest BCUT2D eigenvalue weighted by molar-refractivity contribution is 5.88. The number of carbonyl (C=O) groups excluding carboxylic acids is 1. The molecule has 26 heavy (non-hydrogen) atoms. The fraction of sp³-hybridized carbons (Fsp3) is 0.421. The first kappa shape index (κ1) is 18.1. The third-order valence-electron chi connectivity index (χ3n) is 4.80. The minimum atomic E-state index is -1.04. The van der Waals surface area contributed by atoms with E-state index in [9.17, 15) is 14.7 Å². The van der Waals surface area contributed by atoms with Crippen molar-refractivity contribution in [1.82, 2.24) is 9.88 Å². The van der Waals surface area contributed by atoms with E-state index in [4.69, 9.17) is 4.98 Å². The fourth-order valence-electron chi connectivity index (χ4n) is 3.18. The Morgan fingerprint density at radius 1 is 1.31 bits per heavy atom. The number of fused-ring (bicyclic) bond motifs is 1. The number of aromatic nitrogens is 1. The number of carbonyl (C=O) groups is 2. The van der Waals surface area contributed by atoms with Gasteiger partial charge in [-0.15, -0.1) is 0 Å². The molecule has 1 aliphatic rings. The summed E-state index contributed by atoms with van der Waals surface area (Å²) >= 11 is 0. The zero-order chi connectivity index (χ0) is 18.7. The van der Waals surface area contributed by atoms with E-state index in [0.29, 0.717) is 12.0 Å². The summed E-state index contributed by atoms with van der Waals surface area (Å²) in [6.45, 7) is 6.00. The van der Waals surface area contributed by atoms with Crippen LogP contribution in [-0.2, 0) is 9.59 Å². The molecule has 0 saturated carbocycles. The van der Waals surface area contributed by atoms with Crippen LogP contribution in [0.1, 0.15) is 12.0 Å². The molecule has 1 aliphatic heterocycles. The van der Waals surface area contributed by atoms with Crippen molar-refractivity contribution in [3.8, 4) is 0 Å². The molecule has 1 unspecified atom stereocenters. The molecular formula is C19H24N4O3. The predicted octanol–water partition coefficient (Wildman–Crippen LogP) is 1.75. The maximum atomic E-state index is 11.2. The van der Waals surface area contributed by atoms with Crippen LogP contribution in [0.3, 0.4) is 0 Å². The molecule has 0 aliphatic carbocycles. The summed E-state index contributed by atoms with van der Waals surface area (Å²) in [4.78, 5) is 31.3. The normalized spacial score (nSPS) is 16.5. The van der Waals surface area contributed by atoms with Crippen LogP contribution in [0, 0.1) is 6.92 Å². The number of piperazine rings is 1. The highest BCUT2D eigenvalue weighted by Crippen LogP contribution is 2.26. The Balaban J connectivity index is 1.86. The van der Waals surface area contributed by atoms with Crippen molar-refractivity contribution in [2.75, 3.05) is 43.4 Å². The van der Waals surface area contributed by atoms with Gasteiger partial charge in [-0.05, 0) is 43.8 Å². The Kier molecular flexibility index (Phi) is 5.37. The number of pyridine rings is 1. The van der Waals surface area contributed by atoms with E-state index in [1.807, 2.05) is 25.1 Å². The van der Waals surface area contributed by atoms with Crippen LogP contribution < -0.4 is 10.2 Å². The minimum absolute atomic E-state index is 0.0764. The summed E-state index contributed by atoms with van der Waals surface area (Å²) in [5, 5.41) is 13.1. The number of likely N-dealkylation sites (N-methyl/N-ethyl adjacent to an activating group) is 1. The number of nitrogens with zero attached hydrogens (tertiary/aromatic N) is 3. The van der Waals surface area contributed by atoms with Gasteiger partial charge in [0.1, 0.15) is 18.1 Å². The third kappa shape index (κ3) is 3.94. The van der Waals surface area contributed by atoms with Crippen molar-refractivity contribution in [3.63, 3.8) is 0 Å². The molecule has 0 radical (unpaired) electrons. The number of anilines is 2. The van der Waals surface area contributed by atoms with Gasteiger partial charge in [-0.1, -0.05) is 0 Å². The summed E-state index contributed by atoms with van der Waals surface area (Å²) in [7, 11) is 2.12. The van der Waals surface area contributed by atoms with Crippen molar-refractivity contribution in [2.24, 2.45) is 0 Å². The maximum Gasteiger partial charge on any atom is 0.326 e. The molecular weight excluding hydrogens is 332 g/mol. The quantitative estimate of drug-likeness (QED) is 0.763. The average molecular weight is 356 g/mol. The third-order valence-corrected chi connectivity index (χ3v) is 4.80. The molecule has 1 atom stereocenters. The number of rotatable bonds is 6. The molecule has 138 valence electrons. The Morgan fingerprint density at radius 3 is 2.69 bits per heavy atom. The number of carboxylic acid groups (broad SMARTS) is 1. The van der Waals surface area contributed by atoms with Crippen LogP contribution in [0.5, 0.6) is 0 Å². The molecule has 2 N–H and O–H groups in total. The van der Waals surface area contributed by atoms with Crippen molar-refractivity contribution >= 4 is 34.7 Å². The van der Waals surface area contributed by atoms with Gasteiger partial charge in [-0.2, -0.15) is 0 Å². The minimum Gasteiger partial charge on any atom is -0.480 e. The van der Waals surface area contributed by atoms with E-state index in [1.165, 1.54) is 0 Å². The Bertz CT molecular complexity index is 816. The summed E-state index contributed by atoms with van der Waals surface area (Å²) < 4.78 is 0. The Hall–Kier alpha value is -2.67. The molecule has 1 aromatic carbocycles. The molecule has 2 heterocycles. The topological polar surface area (TPSA) is 85.8 Å². The van der Waals surface area contributed by atoms with Gasteiger partial charge < -0.3 is 25.0 Å². The first-order valence-electron chi connectivity index (χ1n) is 8.76. The largest absolute Gasteiger partial charge is 0.480 e. The van der Waals surface area contributed by atoms with Gasteiger partial charge in [0.05, 0.1) is 5.52 Å². The summed E-state index contributed by atoms with van der Waals surface area (Å²) in [5.41, 5.74) is 2.64. The van der Waals surface area contributed by atoms with E-state index in [-0.39, 0.29) is 6.42 Å². The molecule has 2 aromatic rings. The second kappa shape index (κ2) is 7.70. The molecule has 0 spiro atoms. The highest BCUT2D eigenvalue weighted by atomic mass is 16.4. The molecule has 0 bridgehead atoms. The number of aryl methyl sites for hydroxylation is 1. The first-order valence-corrected chi connectivity index (χ1v) is 8.76. The van der Waals surface area contributed by atoms with Gasteiger partial charge in [0.15, 0.2) is 0 Å². The van der Waals surface area contributed by atoms with Gasteiger partial charge in [-0.25, -0.2) is 9.78 Å². The molecule has 1 saturated heterocycles. The van der Waals surface area contributed by atoms with Gasteiger partial charge in [0.25, 0.3) is 0 Å². The number of hydrogen-bond acceptors (Lipinski definition) is 6. The molecule has 0 amide bonds. The maximum absolute atomic E-state index is 11.2. The lowest BCUT2D eigenvalue weighted by Gasteiger charge is -2.33. The van der Waals surface area contributed by atoms with Gasteiger partial charge in [0.2, 0.25) is 0 Å². The number of aldehydes is 1. The van der Waals surface area contributed by atoms with Crippen molar-refractivity contribution < 1.29 is 14.7 Å². The second-order valence-electron chi connectivity index (χ2n) is 6.76. The van der Waals surface area contributed by atoms with Gasteiger partial charge in [0, 0.05) is 43.7 Å². The summed E-state index contributed by atoms with van der Waals surface area (Å²) in [5.74, 6) is -0.0642. The number of nitrogens with one attached hydrogen (secondary N) is 1. The standard InChI is InChI=1S/C19H24N4O3/c1-13-11-18(23-8-6-22(2)7-9-23)21-16-4-3-14(12-15(13)16)20-17(5-10-24)19(25)26/h3-4,10-12,17,20H,5-9H2,1-2H3,(H,25,26). The van der Waals surface area contributed by atoms with E-state index >= 15 is 0 Å². The SMILES string of the molecule is Cc1cc(N2CCN(C)CC2)nc2ccc(NC(CC=O)C(=O)O)cc12. The molecule has 1 fully saturated rings. The lowest BCUT2D eigenvalue weighted by atomic mass is 10.1. The highest BCUT2D eigenvalue weighted by Gasteiger charge is 2.18. The molecule has 7 heteroatoms. The number of aliphatic carboxylic acids is 1. The van der Waals surface area contributed by atoms with Gasteiger partial charge >= 0.3 is 5.97 Å². The van der Waals surface area contributed by atoms with E-state index in [2.05, 4.69) is 28.2 Å². The van der Waals surface area contributed by atoms with Crippen LogP contribution in [0.4, 0.5) is 11.5 Å². The van der Waals surface area contributed by atoms with E-state index in [0.717, 1.165) is 48.5 Å². The lowest BCUT2D eigenvalue weighted by molar-refractivity contribution is -0.138. The van der Waals surface area contributed by atoms with Gasteiger partial charge in [-0.3, -0.25) is 0 Å². The van der Waals surface area contributed by atoms with Crippen molar-refractivity contribution in [3.05, 3.63) is 29.8 Å². The van der Waals surface area contributed by atoms with Crippen LogP contribution in [-0.4, -0.2) is 66.5 Å². The monoisotopic (exact) mass is 356 g/mol. The zero-order valence-corrected chi connectivity index (χ0v) is 15.1. The van der Waals surface area contributed by atoms with Crippen LogP contribution in [0.15, 0.2) is 24.3 Å². The van der Waals surface area contributed by atoms with Crippen molar-refractivity contribution in [2.45, 2.75) is 19.4 Å².